The Kier molecular flexibility index (Phi) is 11.0. The van der Waals surface area contributed by atoms with E-state index in [1.165, 1.54) is 44.9 Å². The minimum atomic E-state index is 0.377. The van der Waals surface area contributed by atoms with Crippen LogP contribution in [0.4, 0.5) is 0 Å². The highest BCUT2D eigenvalue weighted by Crippen LogP contribution is 2.27. The molecule has 0 aliphatic carbocycles. The summed E-state index contributed by atoms with van der Waals surface area (Å²) >= 11 is 5.15. The highest BCUT2D eigenvalue weighted by atomic mass is 79.9. The van der Waals surface area contributed by atoms with Gasteiger partial charge in [0.1, 0.15) is 5.78 Å². The molecular formula is C18H27BrOS. The van der Waals surface area contributed by atoms with Crippen molar-refractivity contribution in [2.24, 2.45) is 0 Å². The van der Waals surface area contributed by atoms with E-state index in [0.717, 1.165) is 22.2 Å². The highest BCUT2D eigenvalue weighted by Gasteiger charge is 2.05. The first-order chi connectivity index (χ1) is 10.2. The van der Waals surface area contributed by atoms with Crippen molar-refractivity contribution in [1.29, 1.82) is 0 Å². The minimum Gasteiger partial charge on any atom is -0.299 e. The lowest BCUT2D eigenvalue weighted by atomic mass is 10.1. The van der Waals surface area contributed by atoms with Crippen molar-refractivity contribution >= 4 is 33.5 Å². The zero-order valence-corrected chi connectivity index (χ0v) is 15.5. The van der Waals surface area contributed by atoms with E-state index in [9.17, 15) is 4.79 Å². The molecule has 0 saturated heterocycles. The standard InChI is InChI=1S/C18H27BrOS/c1-2-3-4-5-6-7-8-9-12-16(20)15-21-18-14-11-10-13-17(18)19/h10-11,13-14H,2-9,12,15H2,1H3. The van der Waals surface area contributed by atoms with E-state index in [-0.39, 0.29) is 0 Å². The molecular weight excluding hydrogens is 344 g/mol. The molecule has 0 atom stereocenters. The molecule has 0 bridgehead atoms. The third-order valence-corrected chi connectivity index (χ3v) is 5.62. The van der Waals surface area contributed by atoms with E-state index >= 15 is 0 Å². The average Bonchev–Trinajstić information content (AvgIpc) is 2.49. The largest absolute Gasteiger partial charge is 0.299 e. The van der Waals surface area contributed by atoms with Crippen molar-refractivity contribution in [2.45, 2.75) is 69.6 Å². The number of hydrogen-bond acceptors (Lipinski definition) is 2. The average molecular weight is 371 g/mol. The van der Waals surface area contributed by atoms with Crippen LogP contribution < -0.4 is 0 Å². The van der Waals surface area contributed by atoms with Gasteiger partial charge >= 0.3 is 0 Å². The summed E-state index contributed by atoms with van der Waals surface area (Å²) in [5.41, 5.74) is 0. The summed E-state index contributed by atoms with van der Waals surface area (Å²) < 4.78 is 1.08. The Hall–Kier alpha value is -0.280. The maximum Gasteiger partial charge on any atom is 0.143 e. The Labute approximate surface area is 142 Å². The van der Waals surface area contributed by atoms with E-state index < -0.39 is 0 Å². The normalized spacial score (nSPS) is 10.8. The molecule has 1 nitrogen and oxygen atoms in total. The second-order valence-corrected chi connectivity index (χ2v) is 7.35. The number of benzene rings is 1. The zero-order chi connectivity index (χ0) is 15.3. The van der Waals surface area contributed by atoms with Gasteiger partial charge in [0, 0.05) is 15.8 Å². The van der Waals surface area contributed by atoms with Gasteiger partial charge in [0.2, 0.25) is 0 Å². The first-order valence-corrected chi connectivity index (χ1v) is 9.91. The van der Waals surface area contributed by atoms with E-state index in [4.69, 9.17) is 0 Å². The van der Waals surface area contributed by atoms with Crippen LogP contribution in [0.25, 0.3) is 0 Å². The Morgan fingerprint density at radius 3 is 2.29 bits per heavy atom. The van der Waals surface area contributed by atoms with Gasteiger partial charge in [-0.25, -0.2) is 0 Å². The number of unbranched alkanes of at least 4 members (excludes halogenated alkanes) is 7. The Morgan fingerprint density at radius 2 is 1.62 bits per heavy atom. The van der Waals surface area contributed by atoms with Gasteiger partial charge in [-0.3, -0.25) is 4.79 Å². The lowest BCUT2D eigenvalue weighted by Gasteiger charge is -2.04. The quantitative estimate of drug-likeness (QED) is 0.303. The summed E-state index contributed by atoms with van der Waals surface area (Å²) in [6.45, 7) is 2.25. The fourth-order valence-corrected chi connectivity index (χ4v) is 3.72. The van der Waals surface area contributed by atoms with E-state index in [0.29, 0.717) is 11.5 Å². The number of rotatable bonds is 12. The van der Waals surface area contributed by atoms with Crippen LogP contribution in [0.1, 0.15) is 64.7 Å². The molecule has 0 saturated carbocycles. The molecule has 1 aromatic carbocycles. The molecule has 0 spiro atoms. The number of hydrogen-bond donors (Lipinski definition) is 0. The Balaban J connectivity index is 2.00. The lowest BCUT2D eigenvalue weighted by Crippen LogP contribution is -2.01. The lowest BCUT2D eigenvalue weighted by molar-refractivity contribution is -0.116. The second kappa shape index (κ2) is 12.3. The van der Waals surface area contributed by atoms with Crippen LogP contribution in [0.3, 0.4) is 0 Å². The van der Waals surface area contributed by atoms with Gasteiger partial charge in [-0.1, -0.05) is 64.0 Å². The number of Topliss-reactive ketones (excluding diaryl/α,β-unsaturated/α-hetero) is 1. The third-order valence-electron chi connectivity index (χ3n) is 3.53. The highest BCUT2D eigenvalue weighted by molar-refractivity contribution is 9.10. The topological polar surface area (TPSA) is 17.1 Å². The summed E-state index contributed by atoms with van der Waals surface area (Å²) in [5, 5.41) is 0. The summed E-state index contributed by atoms with van der Waals surface area (Å²) in [6.07, 6.45) is 11.0. The molecule has 1 aromatic rings. The van der Waals surface area contributed by atoms with Crippen LogP contribution in [0.2, 0.25) is 0 Å². The molecule has 3 heteroatoms. The second-order valence-electron chi connectivity index (χ2n) is 5.48. The third kappa shape index (κ3) is 9.36. The van der Waals surface area contributed by atoms with Crippen LogP contribution in [-0.4, -0.2) is 11.5 Å². The summed E-state index contributed by atoms with van der Waals surface area (Å²) in [5.74, 6) is 0.973. The van der Waals surface area contributed by atoms with Gasteiger partial charge in [0.15, 0.2) is 0 Å². The van der Waals surface area contributed by atoms with Crippen molar-refractivity contribution < 1.29 is 4.79 Å². The summed E-state index contributed by atoms with van der Waals surface area (Å²) in [7, 11) is 0. The fourth-order valence-electron chi connectivity index (χ4n) is 2.25. The van der Waals surface area contributed by atoms with Crippen LogP contribution in [0, 0.1) is 0 Å². The molecule has 0 aliphatic rings. The summed E-state index contributed by atoms with van der Waals surface area (Å²) in [6, 6.07) is 8.08. The van der Waals surface area contributed by atoms with Crippen molar-refractivity contribution in [2.75, 3.05) is 5.75 Å². The van der Waals surface area contributed by atoms with E-state index in [1.807, 2.05) is 18.2 Å². The first-order valence-electron chi connectivity index (χ1n) is 8.13. The molecule has 21 heavy (non-hydrogen) atoms. The smallest absolute Gasteiger partial charge is 0.143 e. The molecule has 0 radical (unpaired) electrons. The number of carbonyl (C=O) groups excluding carboxylic acids is 1. The molecule has 1 rings (SSSR count). The number of thioether (sulfide) groups is 1. The molecule has 0 heterocycles. The molecule has 0 unspecified atom stereocenters. The maximum atomic E-state index is 11.9. The van der Waals surface area contributed by atoms with Crippen LogP contribution >= 0.6 is 27.7 Å². The van der Waals surface area contributed by atoms with Gasteiger partial charge in [0.05, 0.1) is 5.75 Å². The van der Waals surface area contributed by atoms with Crippen molar-refractivity contribution in [3.05, 3.63) is 28.7 Å². The predicted octanol–water partition coefficient (Wildman–Crippen LogP) is 6.64. The van der Waals surface area contributed by atoms with Crippen LogP contribution in [0.15, 0.2) is 33.6 Å². The molecule has 0 aromatic heterocycles. The number of carbonyl (C=O) groups is 1. The minimum absolute atomic E-state index is 0.377. The van der Waals surface area contributed by atoms with Gasteiger partial charge in [0.25, 0.3) is 0 Å². The first kappa shape index (κ1) is 18.8. The molecule has 0 amide bonds. The van der Waals surface area contributed by atoms with Gasteiger partial charge < -0.3 is 0 Å². The van der Waals surface area contributed by atoms with Crippen LogP contribution in [0.5, 0.6) is 0 Å². The zero-order valence-electron chi connectivity index (χ0n) is 13.1. The fraction of sp³-hybridized carbons (Fsp3) is 0.611. The molecule has 118 valence electrons. The monoisotopic (exact) mass is 370 g/mol. The number of halogens is 1. The Morgan fingerprint density at radius 1 is 1.00 bits per heavy atom. The molecule has 0 aliphatic heterocycles. The van der Waals surface area contributed by atoms with E-state index in [1.54, 1.807) is 11.8 Å². The van der Waals surface area contributed by atoms with Gasteiger partial charge in [-0.2, -0.15) is 0 Å². The van der Waals surface area contributed by atoms with Crippen molar-refractivity contribution in [1.82, 2.24) is 0 Å². The molecule has 0 N–H and O–H groups in total. The van der Waals surface area contributed by atoms with Gasteiger partial charge in [-0.15, -0.1) is 11.8 Å². The van der Waals surface area contributed by atoms with E-state index in [2.05, 4.69) is 28.9 Å². The number of ketones is 1. The predicted molar refractivity (Wildman–Crippen MR) is 97.1 cm³/mol. The Bertz CT molecular complexity index is 406. The SMILES string of the molecule is CCCCCCCCCCC(=O)CSc1ccccc1Br. The van der Waals surface area contributed by atoms with Crippen LogP contribution in [-0.2, 0) is 4.79 Å². The van der Waals surface area contributed by atoms with Gasteiger partial charge in [-0.05, 0) is 34.5 Å². The van der Waals surface area contributed by atoms with Crippen molar-refractivity contribution in [3.63, 3.8) is 0 Å². The maximum absolute atomic E-state index is 11.9. The van der Waals surface area contributed by atoms with Crippen molar-refractivity contribution in [3.8, 4) is 0 Å². The summed E-state index contributed by atoms with van der Waals surface area (Å²) in [4.78, 5) is 13.0. The molecule has 0 fully saturated rings.